The molecule has 0 bridgehead atoms. The Morgan fingerprint density at radius 2 is 1.78 bits per heavy atom. The fourth-order valence-corrected chi connectivity index (χ4v) is 2.36. The summed E-state index contributed by atoms with van der Waals surface area (Å²) in [5.41, 5.74) is 5.75. The van der Waals surface area contributed by atoms with Gasteiger partial charge in [-0.1, -0.05) is 36.4 Å². The van der Waals surface area contributed by atoms with Crippen LogP contribution in [0.4, 0.5) is 0 Å². The molecule has 1 heterocycles. The van der Waals surface area contributed by atoms with Crippen LogP contribution in [0.15, 0.2) is 66.0 Å². The van der Waals surface area contributed by atoms with Crippen molar-refractivity contribution in [3.05, 3.63) is 77.6 Å². The van der Waals surface area contributed by atoms with Gasteiger partial charge in [-0.25, -0.2) is 5.43 Å². The number of pyridine rings is 1. The van der Waals surface area contributed by atoms with Gasteiger partial charge in [-0.15, -0.1) is 0 Å². The third kappa shape index (κ3) is 3.43. The monoisotopic (exact) mass is 303 g/mol. The maximum absolute atomic E-state index is 12.1. The summed E-state index contributed by atoms with van der Waals surface area (Å²) in [6, 6.07) is 16.0. The van der Waals surface area contributed by atoms with Crippen LogP contribution in [-0.4, -0.2) is 16.6 Å². The first-order chi connectivity index (χ1) is 11.1. The molecule has 2 aromatic carbocycles. The predicted octanol–water partition coefficient (Wildman–Crippen LogP) is 3.70. The van der Waals surface area contributed by atoms with Crippen molar-refractivity contribution in [2.45, 2.75) is 13.8 Å². The molecule has 0 aliphatic carbocycles. The first-order valence-corrected chi connectivity index (χ1v) is 7.39. The molecule has 1 aromatic heterocycles. The quantitative estimate of drug-likeness (QED) is 0.592. The Morgan fingerprint density at radius 3 is 2.57 bits per heavy atom. The van der Waals surface area contributed by atoms with E-state index in [0.29, 0.717) is 5.56 Å². The molecule has 0 aliphatic heterocycles. The van der Waals surface area contributed by atoms with E-state index in [1.807, 2.05) is 32.0 Å². The van der Waals surface area contributed by atoms with Crippen molar-refractivity contribution in [1.82, 2.24) is 10.4 Å². The molecule has 1 amide bonds. The fourth-order valence-electron chi connectivity index (χ4n) is 2.36. The summed E-state index contributed by atoms with van der Waals surface area (Å²) in [4.78, 5) is 16.1. The zero-order valence-electron chi connectivity index (χ0n) is 13.1. The van der Waals surface area contributed by atoms with E-state index in [-0.39, 0.29) is 5.91 Å². The number of benzene rings is 2. The van der Waals surface area contributed by atoms with Gasteiger partial charge in [-0.2, -0.15) is 5.10 Å². The Balaban J connectivity index is 1.79. The molecule has 0 saturated carbocycles. The lowest BCUT2D eigenvalue weighted by Crippen LogP contribution is -2.19. The molecule has 23 heavy (non-hydrogen) atoms. The average molecular weight is 303 g/mol. The second-order valence-electron chi connectivity index (χ2n) is 5.45. The second kappa shape index (κ2) is 6.40. The summed E-state index contributed by atoms with van der Waals surface area (Å²) in [5, 5.41) is 6.52. The number of amides is 1. The van der Waals surface area contributed by atoms with Gasteiger partial charge in [0.15, 0.2) is 0 Å². The lowest BCUT2D eigenvalue weighted by Gasteiger charge is -2.05. The van der Waals surface area contributed by atoms with Crippen LogP contribution in [0.5, 0.6) is 0 Å². The summed E-state index contributed by atoms with van der Waals surface area (Å²) in [6.45, 7) is 3.77. The molecule has 1 N–H and O–H groups in total. The number of hydrazone groups is 1. The van der Waals surface area contributed by atoms with Gasteiger partial charge in [0.25, 0.3) is 5.91 Å². The third-order valence-corrected chi connectivity index (χ3v) is 3.63. The number of carbonyl (C=O) groups excluding carboxylic acids is 1. The van der Waals surface area contributed by atoms with E-state index in [4.69, 9.17) is 0 Å². The van der Waals surface area contributed by atoms with Crippen molar-refractivity contribution in [2.24, 2.45) is 5.10 Å². The summed E-state index contributed by atoms with van der Waals surface area (Å²) >= 11 is 0. The topological polar surface area (TPSA) is 54.4 Å². The van der Waals surface area contributed by atoms with Crippen LogP contribution < -0.4 is 5.43 Å². The number of hydrogen-bond donors (Lipinski definition) is 1. The van der Waals surface area contributed by atoms with Gasteiger partial charge < -0.3 is 0 Å². The highest BCUT2D eigenvalue weighted by atomic mass is 16.2. The van der Waals surface area contributed by atoms with Gasteiger partial charge in [0.2, 0.25) is 0 Å². The first-order valence-electron chi connectivity index (χ1n) is 7.39. The second-order valence-corrected chi connectivity index (χ2v) is 5.45. The molecule has 0 unspecified atom stereocenters. The average Bonchev–Trinajstić information content (AvgIpc) is 2.59. The number of nitrogens with one attached hydrogen (secondary N) is 1. The van der Waals surface area contributed by atoms with E-state index in [1.54, 1.807) is 12.3 Å². The highest BCUT2D eigenvalue weighted by molar-refractivity contribution is 6.03. The molecule has 4 heteroatoms. The van der Waals surface area contributed by atoms with Gasteiger partial charge in [0, 0.05) is 12.4 Å². The van der Waals surface area contributed by atoms with E-state index < -0.39 is 0 Å². The summed E-state index contributed by atoms with van der Waals surface area (Å²) in [5.74, 6) is -0.263. The largest absolute Gasteiger partial charge is 0.272 e. The van der Waals surface area contributed by atoms with E-state index in [1.165, 1.54) is 11.6 Å². The number of nitrogens with zero attached hydrogens (tertiary/aromatic N) is 2. The number of carbonyl (C=O) groups is 1. The zero-order chi connectivity index (χ0) is 16.2. The molecular weight excluding hydrogens is 286 g/mol. The highest BCUT2D eigenvalue weighted by Crippen LogP contribution is 2.16. The lowest BCUT2D eigenvalue weighted by atomic mass is 10.0. The van der Waals surface area contributed by atoms with Crippen molar-refractivity contribution >= 4 is 22.4 Å². The van der Waals surface area contributed by atoms with Crippen molar-refractivity contribution in [3.63, 3.8) is 0 Å². The highest BCUT2D eigenvalue weighted by Gasteiger charge is 2.06. The molecular formula is C19H17N3O. The molecule has 0 fully saturated rings. The van der Waals surface area contributed by atoms with Gasteiger partial charge in [0.05, 0.1) is 11.3 Å². The summed E-state index contributed by atoms with van der Waals surface area (Å²) < 4.78 is 0. The van der Waals surface area contributed by atoms with Crippen LogP contribution in [0.25, 0.3) is 10.8 Å². The van der Waals surface area contributed by atoms with Crippen LogP contribution in [0, 0.1) is 6.92 Å². The van der Waals surface area contributed by atoms with Crippen molar-refractivity contribution in [2.75, 3.05) is 0 Å². The Hall–Kier alpha value is -3.01. The lowest BCUT2D eigenvalue weighted by molar-refractivity contribution is 0.0954. The van der Waals surface area contributed by atoms with Crippen LogP contribution in [0.3, 0.4) is 0 Å². The number of aromatic nitrogens is 1. The molecule has 114 valence electrons. The number of rotatable bonds is 3. The molecule has 3 aromatic rings. The van der Waals surface area contributed by atoms with Crippen molar-refractivity contribution < 1.29 is 4.79 Å². The van der Waals surface area contributed by atoms with Gasteiger partial charge >= 0.3 is 0 Å². The van der Waals surface area contributed by atoms with Crippen LogP contribution in [0.1, 0.15) is 28.4 Å². The summed E-state index contributed by atoms with van der Waals surface area (Å²) in [7, 11) is 0. The van der Waals surface area contributed by atoms with E-state index in [2.05, 4.69) is 39.8 Å². The molecule has 0 radical (unpaired) electrons. The first kappa shape index (κ1) is 14.9. The molecule has 0 saturated heterocycles. The van der Waals surface area contributed by atoms with Crippen LogP contribution in [-0.2, 0) is 0 Å². The fraction of sp³-hybridized carbons (Fsp3) is 0.105. The maximum Gasteiger partial charge on any atom is 0.272 e. The van der Waals surface area contributed by atoms with E-state index in [0.717, 1.165) is 22.2 Å². The minimum atomic E-state index is -0.263. The minimum absolute atomic E-state index is 0.263. The normalized spacial score (nSPS) is 11.5. The zero-order valence-corrected chi connectivity index (χ0v) is 13.1. The Labute approximate surface area is 134 Å². The SMILES string of the molecule is C/C(=N\NC(=O)c1cncc(C)c1)c1ccc2ccccc2c1. The third-order valence-electron chi connectivity index (χ3n) is 3.63. The number of hydrogen-bond acceptors (Lipinski definition) is 3. The maximum atomic E-state index is 12.1. The van der Waals surface area contributed by atoms with Gasteiger partial charge in [0.1, 0.15) is 0 Å². The predicted molar refractivity (Wildman–Crippen MR) is 92.6 cm³/mol. The molecule has 0 atom stereocenters. The molecule has 4 nitrogen and oxygen atoms in total. The summed E-state index contributed by atoms with van der Waals surface area (Å²) in [6.07, 6.45) is 3.24. The Kier molecular flexibility index (Phi) is 4.15. The van der Waals surface area contributed by atoms with Gasteiger partial charge in [-0.05, 0) is 47.9 Å². The number of aryl methyl sites for hydroxylation is 1. The molecule has 0 spiro atoms. The van der Waals surface area contributed by atoms with Crippen molar-refractivity contribution in [3.8, 4) is 0 Å². The minimum Gasteiger partial charge on any atom is -0.267 e. The Morgan fingerprint density at radius 1 is 1.00 bits per heavy atom. The molecule has 3 rings (SSSR count). The van der Waals surface area contributed by atoms with E-state index in [9.17, 15) is 4.79 Å². The smallest absolute Gasteiger partial charge is 0.267 e. The van der Waals surface area contributed by atoms with Crippen LogP contribution >= 0.6 is 0 Å². The van der Waals surface area contributed by atoms with Gasteiger partial charge in [-0.3, -0.25) is 9.78 Å². The molecule has 0 aliphatic rings. The van der Waals surface area contributed by atoms with E-state index >= 15 is 0 Å². The Bertz CT molecular complexity index is 900. The van der Waals surface area contributed by atoms with Crippen LogP contribution in [0.2, 0.25) is 0 Å². The standard InChI is InChI=1S/C19H17N3O/c1-13-9-18(12-20-11-13)19(23)22-21-14(2)16-8-7-15-5-3-4-6-17(15)10-16/h3-12H,1-2H3,(H,22,23)/b21-14+. The van der Waals surface area contributed by atoms with Crippen molar-refractivity contribution in [1.29, 1.82) is 0 Å². The number of fused-ring (bicyclic) bond motifs is 1.